The molecular formula is C26H25INPS. The molecule has 0 saturated heterocycles. The molecule has 0 atom stereocenters. The summed E-state index contributed by atoms with van der Waals surface area (Å²) in [5, 5.41) is 7.91. The molecule has 30 heavy (non-hydrogen) atoms. The first kappa shape index (κ1) is 20.4. The summed E-state index contributed by atoms with van der Waals surface area (Å²) in [5.41, 5.74) is 1.24. The van der Waals surface area contributed by atoms with Gasteiger partial charge in [-0.25, -0.2) is 0 Å². The molecule has 0 N–H and O–H groups in total. The van der Waals surface area contributed by atoms with Crippen LogP contribution in [-0.4, -0.2) is 4.98 Å². The molecule has 1 saturated carbocycles. The van der Waals surface area contributed by atoms with Crippen molar-refractivity contribution in [3.05, 3.63) is 107 Å². The molecule has 1 fully saturated rings. The first-order chi connectivity index (χ1) is 14.7. The van der Waals surface area contributed by atoms with Gasteiger partial charge in [-0.05, 0) is 0 Å². The van der Waals surface area contributed by atoms with Crippen molar-refractivity contribution in [3.63, 3.8) is 0 Å². The molecule has 3 aromatic carbocycles. The Bertz CT molecular complexity index is 1020. The Hall–Kier alpha value is -1.55. The van der Waals surface area contributed by atoms with E-state index in [1.807, 2.05) is 11.3 Å². The first-order valence-electron chi connectivity index (χ1n) is 10.5. The van der Waals surface area contributed by atoms with Gasteiger partial charge in [0, 0.05) is 0 Å². The van der Waals surface area contributed by atoms with E-state index >= 15 is 0 Å². The van der Waals surface area contributed by atoms with Crippen molar-refractivity contribution in [1.29, 1.82) is 0 Å². The summed E-state index contributed by atoms with van der Waals surface area (Å²) < 4.78 is -2.78. The van der Waals surface area contributed by atoms with Crippen LogP contribution >= 0.6 is 37.6 Å². The second kappa shape index (κ2) is 8.18. The maximum atomic E-state index is 5.19. The summed E-state index contributed by atoms with van der Waals surface area (Å²) in [4.78, 5) is 5.19. The summed E-state index contributed by atoms with van der Waals surface area (Å²) >= 11 is 4.72. The van der Waals surface area contributed by atoms with Crippen molar-refractivity contribution in [2.45, 2.75) is 31.3 Å². The summed E-state index contributed by atoms with van der Waals surface area (Å²) in [6, 6.07) is 33.4. The summed E-state index contributed by atoms with van der Waals surface area (Å²) in [5.74, 6) is 0.689. The van der Waals surface area contributed by atoms with Crippen molar-refractivity contribution in [2.24, 2.45) is 0 Å². The average molecular weight is 541 g/mol. The number of hydrogen-bond acceptors (Lipinski definition) is 2. The van der Waals surface area contributed by atoms with E-state index in [9.17, 15) is 0 Å². The van der Waals surface area contributed by atoms with Gasteiger partial charge in [-0.1, -0.05) is 0 Å². The second-order valence-corrected chi connectivity index (χ2v) is 19.7. The Morgan fingerprint density at radius 1 is 0.767 bits per heavy atom. The molecule has 152 valence electrons. The summed E-state index contributed by atoms with van der Waals surface area (Å²) in [6.07, 6.45) is 4.91. The van der Waals surface area contributed by atoms with Gasteiger partial charge in [0.1, 0.15) is 0 Å². The fourth-order valence-electron chi connectivity index (χ4n) is 4.48. The Morgan fingerprint density at radius 3 is 1.63 bits per heavy atom. The average Bonchev–Trinajstić information content (AvgIpc) is 3.21. The van der Waals surface area contributed by atoms with Crippen molar-refractivity contribution >= 4 is 53.5 Å². The Kier molecular flexibility index (Phi) is 5.55. The number of benzene rings is 3. The summed E-state index contributed by atoms with van der Waals surface area (Å²) in [7, 11) is 0. The molecule has 0 bridgehead atoms. The van der Waals surface area contributed by atoms with Crippen molar-refractivity contribution in [3.8, 4) is 0 Å². The van der Waals surface area contributed by atoms with Crippen LogP contribution < -0.4 is 15.9 Å². The van der Waals surface area contributed by atoms with Crippen LogP contribution in [0.4, 0.5) is 0 Å². The van der Waals surface area contributed by atoms with Gasteiger partial charge >= 0.3 is 197 Å². The number of halogens is 1. The zero-order chi connectivity index (χ0) is 20.5. The van der Waals surface area contributed by atoms with E-state index in [0.717, 1.165) is 6.16 Å². The molecule has 4 heteroatoms. The van der Waals surface area contributed by atoms with Gasteiger partial charge in [0.25, 0.3) is 0 Å². The van der Waals surface area contributed by atoms with Gasteiger partial charge in [-0.15, -0.1) is 0 Å². The SMILES string of the molecule is IP(Cc1csc(C2CCC2)n1)(c1ccccc1)(c1ccccc1)c1ccccc1. The molecule has 1 aromatic heterocycles. The van der Waals surface area contributed by atoms with Gasteiger partial charge in [-0.2, -0.15) is 0 Å². The van der Waals surface area contributed by atoms with E-state index < -0.39 is 4.25 Å². The van der Waals surface area contributed by atoms with Crippen LogP contribution in [0.25, 0.3) is 0 Å². The minimum absolute atomic E-state index is 0.689. The topological polar surface area (TPSA) is 12.9 Å². The second-order valence-electron chi connectivity index (χ2n) is 8.15. The quantitative estimate of drug-likeness (QED) is 0.194. The van der Waals surface area contributed by atoms with Crippen LogP contribution in [0.3, 0.4) is 0 Å². The number of hydrogen-bond donors (Lipinski definition) is 0. The molecule has 1 nitrogen and oxygen atoms in total. The normalized spacial score (nSPS) is 15.8. The van der Waals surface area contributed by atoms with Crippen LogP contribution in [0.2, 0.25) is 0 Å². The van der Waals surface area contributed by atoms with Crippen molar-refractivity contribution in [2.75, 3.05) is 0 Å². The fraction of sp³-hybridized carbons (Fsp3) is 0.192. The van der Waals surface area contributed by atoms with Crippen LogP contribution in [0.5, 0.6) is 0 Å². The molecular weight excluding hydrogens is 516 g/mol. The molecule has 0 unspecified atom stereocenters. The molecule has 0 amide bonds. The van der Waals surface area contributed by atoms with Crippen molar-refractivity contribution < 1.29 is 0 Å². The third kappa shape index (κ3) is 3.36. The van der Waals surface area contributed by atoms with Crippen LogP contribution in [0, 0.1) is 0 Å². The van der Waals surface area contributed by atoms with Crippen molar-refractivity contribution in [1.82, 2.24) is 4.98 Å². The van der Waals surface area contributed by atoms with Gasteiger partial charge in [0.15, 0.2) is 0 Å². The number of thiazole rings is 1. The fourth-order valence-corrected chi connectivity index (χ4v) is 14.1. The zero-order valence-corrected chi connectivity index (χ0v) is 20.7. The van der Waals surface area contributed by atoms with Crippen LogP contribution in [0.1, 0.15) is 35.9 Å². The van der Waals surface area contributed by atoms with E-state index in [-0.39, 0.29) is 0 Å². The molecule has 5 rings (SSSR count). The maximum absolute atomic E-state index is 5.19. The van der Waals surface area contributed by atoms with Crippen LogP contribution in [-0.2, 0) is 6.16 Å². The first-order valence-corrected chi connectivity index (χ1v) is 16.6. The molecule has 1 aliphatic rings. The zero-order valence-electron chi connectivity index (χ0n) is 16.8. The minimum atomic E-state index is -2.78. The number of aromatic nitrogens is 1. The Morgan fingerprint density at radius 2 is 1.23 bits per heavy atom. The molecule has 1 aliphatic carbocycles. The Balaban J connectivity index is 1.75. The van der Waals surface area contributed by atoms with E-state index in [0.29, 0.717) is 5.92 Å². The van der Waals surface area contributed by atoms with Gasteiger partial charge in [0.2, 0.25) is 0 Å². The van der Waals surface area contributed by atoms with E-state index in [2.05, 4.69) is 118 Å². The molecule has 0 spiro atoms. The van der Waals surface area contributed by atoms with E-state index in [1.165, 1.54) is 45.9 Å². The third-order valence-electron chi connectivity index (χ3n) is 6.37. The molecule has 0 radical (unpaired) electrons. The van der Waals surface area contributed by atoms with Gasteiger partial charge < -0.3 is 0 Å². The van der Waals surface area contributed by atoms with Gasteiger partial charge in [-0.3, -0.25) is 0 Å². The van der Waals surface area contributed by atoms with E-state index in [4.69, 9.17) is 4.98 Å². The van der Waals surface area contributed by atoms with Crippen LogP contribution in [0.15, 0.2) is 96.4 Å². The van der Waals surface area contributed by atoms with Gasteiger partial charge in [0.05, 0.1) is 0 Å². The monoisotopic (exact) mass is 541 g/mol. The molecule has 1 heterocycles. The molecule has 4 aromatic rings. The number of rotatable bonds is 6. The Labute approximate surface area is 196 Å². The predicted molar refractivity (Wildman–Crippen MR) is 142 cm³/mol. The predicted octanol–water partition coefficient (Wildman–Crippen LogP) is 6.79. The van der Waals surface area contributed by atoms with E-state index in [1.54, 1.807) is 0 Å². The molecule has 0 aliphatic heterocycles. The summed E-state index contributed by atoms with van der Waals surface area (Å²) in [6.45, 7) is 0. The standard InChI is InChI=1S/C26H25INPS/c27-29(23-13-4-1-5-14-23,24-15-6-2-7-16-24,25-17-8-3-9-18-25)19-22-20-30-26(28-22)21-11-10-12-21/h1-9,13-18,20-21H,10-12,19H2. The third-order valence-corrected chi connectivity index (χ3v) is 18.5. The number of nitrogens with zero attached hydrogens (tertiary/aromatic N) is 1.